The van der Waals surface area contributed by atoms with E-state index in [-0.39, 0.29) is 5.28 Å². The van der Waals surface area contributed by atoms with Crippen LogP contribution in [-0.4, -0.2) is 25.3 Å². The molecule has 0 radical (unpaired) electrons. The van der Waals surface area contributed by atoms with Gasteiger partial charge in [0, 0.05) is 29.1 Å². The Labute approximate surface area is 93.3 Å². The Morgan fingerprint density at radius 1 is 1.60 bits per heavy atom. The van der Waals surface area contributed by atoms with E-state index in [1.54, 1.807) is 13.1 Å². The van der Waals surface area contributed by atoms with Crippen molar-refractivity contribution in [1.82, 2.24) is 14.7 Å². The first-order valence-electron chi connectivity index (χ1n) is 3.94. The first kappa shape index (κ1) is 11.8. The summed E-state index contributed by atoms with van der Waals surface area (Å²) in [6.07, 6.45) is 6.03. The molecule has 1 aromatic rings. The van der Waals surface area contributed by atoms with Gasteiger partial charge in [-0.15, -0.1) is 0 Å². The number of nitriles is 1. The third-order valence-electron chi connectivity index (χ3n) is 1.85. The van der Waals surface area contributed by atoms with Crippen molar-refractivity contribution in [2.75, 3.05) is 6.26 Å². The maximum Gasteiger partial charge on any atom is 0.222 e. The number of hydrogen-bond acceptors (Lipinski definition) is 4. The van der Waals surface area contributed by atoms with Crippen LogP contribution in [0.2, 0.25) is 5.28 Å². The average Bonchev–Trinajstić information content (AvgIpc) is 2.18. The lowest BCUT2D eigenvalue weighted by Crippen LogP contribution is -2.24. The number of hydrogen-bond donors (Lipinski definition) is 1. The molecule has 1 rings (SSSR count). The van der Waals surface area contributed by atoms with E-state index in [0.717, 1.165) is 0 Å². The molecule has 0 aliphatic carbocycles. The maximum atomic E-state index is 11.9. The van der Waals surface area contributed by atoms with Crippen LogP contribution in [0.5, 0.6) is 0 Å². The first-order valence-corrected chi connectivity index (χ1v) is 6.28. The van der Waals surface area contributed by atoms with Gasteiger partial charge in [-0.25, -0.2) is 18.9 Å². The molecule has 1 heterocycles. The molecule has 1 aromatic heterocycles. The summed E-state index contributed by atoms with van der Waals surface area (Å²) in [7, 11) is -2.54. The van der Waals surface area contributed by atoms with E-state index < -0.39 is 9.71 Å². The van der Waals surface area contributed by atoms with Gasteiger partial charge in [-0.1, -0.05) is 0 Å². The second-order valence-electron chi connectivity index (χ2n) is 2.85. The Kier molecular flexibility index (Phi) is 3.50. The smallest absolute Gasteiger partial charge is 0.222 e. The highest BCUT2D eigenvalue weighted by Crippen LogP contribution is 2.04. The van der Waals surface area contributed by atoms with Crippen LogP contribution in [0.15, 0.2) is 12.4 Å². The molecule has 1 unspecified atom stereocenters. The normalized spacial score (nSPS) is 13.7. The zero-order chi connectivity index (χ0) is 11.5. The molecular formula is C8H9ClN4OS. The number of rotatable bonds is 2. The highest BCUT2D eigenvalue weighted by Gasteiger charge is 2.07. The summed E-state index contributed by atoms with van der Waals surface area (Å²) in [6, 6.07) is 0. The Morgan fingerprint density at radius 2 is 2.13 bits per heavy atom. The molecule has 80 valence electrons. The predicted molar refractivity (Wildman–Crippen MR) is 59.6 cm³/mol. The summed E-state index contributed by atoms with van der Waals surface area (Å²) in [5.41, 5.74) is 0.592. The fraction of sp³-hybridized carbons (Fsp3) is 0.250. The van der Waals surface area contributed by atoms with E-state index in [9.17, 15) is 4.21 Å². The van der Waals surface area contributed by atoms with Gasteiger partial charge in [-0.05, 0) is 18.5 Å². The minimum absolute atomic E-state index is 0.127. The molecule has 7 heteroatoms. The summed E-state index contributed by atoms with van der Waals surface area (Å²) < 4.78 is 14.2. The third-order valence-corrected chi connectivity index (χ3v) is 3.93. The second kappa shape index (κ2) is 4.47. The van der Waals surface area contributed by atoms with Crippen LogP contribution in [0.3, 0.4) is 0 Å². The fourth-order valence-electron chi connectivity index (χ4n) is 0.883. The van der Waals surface area contributed by atoms with Crippen molar-refractivity contribution >= 4 is 26.2 Å². The molecule has 0 aromatic carbocycles. The predicted octanol–water partition coefficient (Wildman–Crippen LogP) is 0.570. The van der Waals surface area contributed by atoms with Gasteiger partial charge < -0.3 is 0 Å². The molecular weight excluding hydrogens is 236 g/mol. The molecule has 5 nitrogen and oxygen atoms in total. The first-order chi connectivity index (χ1) is 6.97. The number of nitrogens with zero attached hydrogens (tertiary/aromatic N) is 3. The van der Waals surface area contributed by atoms with Crippen molar-refractivity contribution < 1.29 is 4.21 Å². The third kappa shape index (κ3) is 2.81. The highest BCUT2D eigenvalue weighted by atomic mass is 35.5. The summed E-state index contributed by atoms with van der Waals surface area (Å²) in [4.78, 5) is 8.06. The SMILES string of the molecule is CC(c1cnc(Cl)nc1)=S(C)(=O)NC#N. The van der Waals surface area contributed by atoms with E-state index in [1.165, 1.54) is 18.6 Å². The Bertz CT molecular complexity index is 510. The van der Waals surface area contributed by atoms with Crippen LogP contribution in [0.1, 0.15) is 12.5 Å². The zero-order valence-electron chi connectivity index (χ0n) is 8.19. The molecule has 1 atom stereocenters. The van der Waals surface area contributed by atoms with Gasteiger partial charge in [0.05, 0.1) is 9.71 Å². The highest BCUT2D eigenvalue weighted by molar-refractivity contribution is 8.00. The largest absolute Gasteiger partial charge is 0.249 e. The molecule has 0 saturated carbocycles. The van der Waals surface area contributed by atoms with Gasteiger partial charge in [0.25, 0.3) is 0 Å². The molecule has 0 aliphatic heterocycles. The van der Waals surface area contributed by atoms with E-state index in [1.807, 2.05) is 0 Å². The van der Waals surface area contributed by atoms with Crippen molar-refractivity contribution in [3.63, 3.8) is 0 Å². The maximum absolute atomic E-state index is 11.9. The minimum atomic E-state index is -2.54. The molecule has 0 bridgehead atoms. The lowest BCUT2D eigenvalue weighted by atomic mass is 10.3. The van der Waals surface area contributed by atoms with Gasteiger partial charge >= 0.3 is 0 Å². The number of nitrogens with one attached hydrogen (secondary N) is 1. The van der Waals surface area contributed by atoms with Crippen molar-refractivity contribution in [2.24, 2.45) is 0 Å². The number of halogens is 1. The summed E-state index contributed by atoms with van der Waals surface area (Å²) in [6.45, 7) is 1.65. The van der Waals surface area contributed by atoms with Crippen LogP contribution in [0, 0.1) is 11.5 Å². The quantitative estimate of drug-likeness (QED) is 0.271. The zero-order valence-corrected chi connectivity index (χ0v) is 9.76. The summed E-state index contributed by atoms with van der Waals surface area (Å²) in [5, 5.41) is 8.56. The molecule has 15 heavy (non-hydrogen) atoms. The van der Waals surface area contributed by atoms with Gasteiger partial charge in [-0.3, -0.25) is 0 Å². The molecule has 1 N–H and O–H groups in total. The Morgan fingerprint density at radius 3 is 2.60 bits per heavy atom. The van der Waals surface area contributed by atoms with Crippen LogP contribution in [0.25, 0.3) is 0 Å². The molecule has 0 saturated heterocycles. The van der Waals surface area contributed by atoms with Crippen LogP contribution < -0.4 is 4.72 Å². The minimum Gasteiger partial charge on any atom is -0.249 e. The second-order valence-corrected chi connectivity index (χ2v) is 5.70. The average molecular weight is 245 g/mol. The van der Waals surface area contributed by atoms with Crippen molar-refractivity contribution in [3.8, 4) is 6.19 Å². The Balaban J connectivity index is 3.26. The lowest BCUT2D eigenvalue weighted by Gasteiger charge is -2.07. The van der Waals surface area contributed by atoms with Gasteiger partial charge in [0.15, 0.2) is 6.19 Å². The van der Waals surface area contributed by atoms with Gasteiger partial charge in [-0.2, -0.15) is 5.26 Å². The van der Waals surface area contributed by atoms with E-state index in [2.05, 4.69) is 14.7 Å². The van der Waals surface area contributed by atoms with Crippen molar-refractivity contribution in [1.29, 1.82) is 5.26 Å². The summed E-state index contributed by atoms with van der Waals surface area (Å²) >= 11 is 5.52. The summed E-state index contributed by atoms with van der Waals surface area (Å²) in [5.74, 6) is 0. The van der Waals surface area contributed by atoms with Crippen molar-refractivity contribution in [2.45, 2.75) is 6.92 Å². The molecule has 0 amide bonds. The monoisotopic (exact) mass is 244 g/mol. The molecule has 0 aliphatic rings. The van der Waals surface area contributed by atoms with E-state index >= 15 is 0 Å². The van der Waals surface area contributed by atoms with Gasteiger partial charge in [0.1, 0.15) is 0 Å². The molecule has 0 spiro atoms. The fourth-order valence-corrected chi connectivity index (χ4v) is 1.86. The van der Waals surface area contributed by atoms with Crippen molar-refractivity contribution in [3.05, 3.63) is 23.2 Å². The van der Waals surface area contributed by atoms with Gasteiger partial charge in [0.2, 0.25) is 5.28 Å². The standard InChI is InChI=1S/C8H9ClN4OS/c1-6(15(2,14)13-5-10)7-3-11-8(9)12-4-7/h3-4H,1-2H3,(H,13,14). The van der Waals surface area contributed by atoms with E-state index in [4.69, 9.17) is 16.9 Å². The topological polar surface area (TPSA) is 78.7 Å². The van der Waals surface area contributed by atoms with Crippen LogP contribution >= 0.6 is 11.6 Å². The Hall–Kier alpha value is -1.32. The van der Waals surface area contributed by atoms with E-state index in [0.29, 0.717) is 10.4 Å². The molecule has 0 fully saturated rings. The van der Waals surface area contributed by atoms with Crippen LogP contribution in [-0.2, 0) is 9.71 Å². The lowest BCUT2D eigenvalue weighted by molar-refractivity contribution is 0.681. The number of aromatic nitrogens is 2. The van der Waals surface area contributed by atoms with Crippen LogP contribution in [0.4, 0.5) is 0 Å².